The Labute approximate surface area is 163 Å². The second kappa shape index (κ2) is 7.24. The molecule has 27 heavy (non-hydrogen) atoms. The van der Waals surface area contributed by atoms with Gasteiger partial charge < -0.3 is 9.64 Å². The summed E-state index contributed by atoms with van der Waals surface area (Å²) in [5.41, 5.74) is 4.26. The van der Waals surface area contributed by atoms with E-state index in [0.717, 1.165) is 39.4 Å². The SMILES string of the molecule is COc1ccc2cc(C)c(SCC(=O)N3c4ccccc4C[C@@H]3C)nc2c1. The van der Waals surface area contributed by atoms with Gasteiger partial charge in [0.2, 0.25) is 5.91 Å². The van der Waals surface area contributed by atoms with Crippen molar-refractivity contribution in [3.63, 3.8) is 0 Å². The summed E-state index contributed by atoms with van der Waals surface area (Å²) in [5.74, 6) is 1.29. The number of amides is 1. The fraction of sp³-hybridized carbons (Fsp3) is 0.273. The lowest BCUT2D eigenvalue weighted by molar-refractivity contribution is -0.116. The number of pyridine rings is 1. The minimum Gasteiger partial charge on any atom is -0.497 e. The lowest BCUT2D eigenvalue weighted by Crippen LogP contribution is -2.37. The Morgan fingerprint density at radius 2 is 2.07 bits per heavy atom. The van der Waals surface area contributed by atoms with E-state index in [1.165, 1.54) is 17.3 Å². The van der Waals surface area contributed by atoms with Crippen molar-refractivity contribution >= 4 is 34.3 Å². The number of fused-ring (bicyclic) bond motifs is 2. The lowest BCUT2D eigenvalue weighted by Gasteiger charge is -2.22. The van der Waals surface area contributed by atoms with E-state index in [2.05, 4.69) is 19.1 Å². The summed E-state index contributed by atoms with van der Waals surface area (Å²) in [7, 11) is 1.65. The number of para-hydroxylation sites is 1. The number of hydrogen-bond acceptors (Lipinski definition) is 4. The van der Waals surface area contributed by atoms with Crippen LogP contribution in [0.3, 0.4) is 0 Å². The minimum atomic E-state index is 0.129. The van der Waals surface area contributed by atoms with E-state index in [1.54, 1.807) is 7.11 Å². The first-order chi connectivity index (χ1) is 13.1. The van der Waals surface area contributed by atoms with E-state index in [-0.39, 0.29) is 11.9 Å². The van der Waals surface area contributed by atoms with Crippen molar-refractivity contribution in [3.05, 3.63) is 59.7 Å². The summed E-state index contributed by atoms with van der Waals surface area (Å²) in [6.07, 6.45) is 0.916. The quantitative estimate of drug-likeness (QED) is 0.621. The molecule has 0 saturated carbocycles. The molecule has 1 aliphatic rings. The highest BCUT2D eigenvalue weighted by molar-refractivity contribution is 8.00. The lowest BCUT2D eigenvalue weighted by atomic mass is 10.1. The highest BCUT2D eigenvalue weighted by Gasteiger charge is 2.30. The molecular weight excluding hydrogens is 356 g/mol. The van der Waals surface area contributed by atoms with Gasteiger partial charge in [-0.2, -0.15) is 0 Å². The smallest absolute Gasteiger partial charge is 0.237 e. The van der Waals surface area contributed by atoms with Crippen molar-refractivity contribution in [2.24, 2.45) is 0 Å². The first-order valence-electron chi connectivity index (χ1n) is 9.05. The first kappa shape index (κ1) is 17.9. The number of benzene rings is 2. The number of rotatable bonds is 4. The van der Waals surface area contributed by atoms with Crippen LogP contribution in [0.4, 0.5) is 5.69 Å². The molecule has 0 bridgehead atoms. The van der Waals surface area contributed by atoms with Gasteiger partial charge >= 0.3 is 0 Å². The zero-order valence-electron chi connectivity index (χ0n) is 15.7. The van der Waals surface area contributed by atoms with Gasteiger partial charge in [0, 0.05) is 23.2 Å². The third-order valence-corrected chi connectivity index (χ3v) is 6.06. The van der Waals surface area contributed by atoms with E-state index in [4.69, 9.17) is 9.72 Å². The van der Waals surface area contributed by atoms with Gasteiger partial charge in [-0.05, 0) is 55.7 Å². The number of ether oxygens (including phenoxy) is 1. The van der Waals surface area contributed by atoms with Crippen LogP contribution in [0.5, 0.6) is 5.75 Å². The predicted molar refractivity (Wildman–Crippen MR) is 111 cm³/mol. The normalized spacial score (nSPS) is 15.8. The van der Waals surface area contributed by atoms with Gasteiger partial charge in [-0.3, -0.25) is 4.79 Å². The van der Waals surface area contributed by atoms with Crippen molar-refractivity contribution in [2.75, 3.05) is 17.8 Å². The molecule has 1 atom stereocenters. The summed E-state index contributed by atoms with van der Waals surface area (Å²) in [6, 6.07) is 16.4. The van der Waals surface area contributed by atoms with Crippen molar-refractivity contribution in [2.45, 2.75) is 31.3 Å². The molecule has 2 heterocycles. The van der Waals surface area contributed by atoms with Crippen LogP contribution >= 0.6 is 11.8 Å². The third-order valence-electron chi connectivity index (χ3n) is 4.98. The Bertz CT molecular complexity index is 1020. The first-order valence-corrected chi connectivity index (χ1v) is 10.0. The van der Waals surface area contributed by atoms with Crippen LogP contribution in [0, 0.1) is 6.92 Å². The number of thioether (sulfide) groups is 1. The van der Waals surface area contributed by atoms with Crippen molar-refractivity contribution < 1.29 is 9.53 Å². The maximum atomic E-state index is 12.9. The number of hydrogen-bond donors (Lipinski definition) is 0. The molecule has 1 aliphatic heterocycles. The maximum Gasteiger partial charge on any atom is 0.237 e. The predicted octanol–water partition coefficient (Wildman–Crippen LogP) is 4.62. The molecule has 138 valence electrons. The van der Waals surface area contributed by atoms with E-state index in [9.17, 15) is 4.79 Å². The average molecular weight is 378 g/mol. The number of anilines is 1. The number of aromatic nitrogens is 1. The second-order valence-electron chi connectivity index (χ2n) is 6.90. The van der Waals surface area contributed by atoms with Crippen LogP contribution in [-0.4, -0.2) is 29.8 Å². The van der Waals surface area contributed by atoms with Crippen molar-refractivity contribution in [1.29, 1.82) is 0 Å². The van der Waals surface area contributed by atoms with Gasteiger partial charge in [0.15, 0.2) is 0 Å². The Balaban J connectivity index is 1.54. The molecule has 0 unspecified atom stereocenters. The van der Waals surface area contributed by atoms with Crippen LogP contribution in [0.15, 0.2) is 53.6 Å². The average Bonchev–Trinajstić information content (AvgIpc) is 3.01. The molecule has 0 fully saturated rings. The standard InChI is InChI=1S/C22H22N2O2S/c1-14-10-16-8-9-18(26-3)12-19(16)23-22(14)27-13-21(25)24-15(2)11-17-6-4-5-7-20(17)24/h4-10,12,15H,11,13H2,1-3H3/t15-/m0/s1. The highest BCUT2D eigenvalue weighted by atomic mass is 32.2. The molecule has 5 heteroatoms. The molecule has 4 nitrogen and oxygen atoms in total. The van der Waals surface area contributed by atoms with Crippen LogP contribution in [-0.2, 0) is 11.2 Å². The molecule has 1 amide bonds. The summed E-state index contributed by atoms with van der Waals surface area (Å²) in [5, 5.41) is 1.97. The molecule has 0 N–H and O–H groups in total. The van der Waals surface area contributed by atoms with Crippen LogP contribution < -0.4 is 9.64 Å². The van der Waals surface area contributed by atoms with Crippen molar-refractivity contribution in [3.8, 4) is 5.75 Å². The van der Waals surface area contributed by atoms with Gasteiger partial charge in [-0.25, -0.2) is 4.98 Å². The largest absolute Gasteiger partial charge is 0.497 e. The van der Waals surface area contributed by atoms with Gasteiger partial charge in [-0.15, -0.1) is 0 Å². The number of carbonyl (C=O) groups is 1. The minimum absolute atomic E-state index is 0.129. The second-order valence-corrected chi connectivity index (χ2v) is 7.87. The molecule has 3 aromatic rings. The highest BCUT2D eigenvalue weighted by Crippen LogP contribution is 2.33. The molecule has 0 spiro atoms. The van der Waals surface area contributed by atoms with Gasteiger partial charge in [-0.1, -0.05) is 30.0 Å². The molecular formula is C22H22N2O2S. The maximum absolute atomic E-state index is 12.9. The summed E-state index contributed by atoms with van der Waals surface area (Å²) < 4.78 is 5.30. The molecule has 0 radical (unpaired) electrons. The van der Waals surface area contributed by atoms with E-state index in [0.29, 0.717) is 5.75 Å². The Morgan fingerprint density at radius 1 is 1.26 bits per heavy atom. The zero-order valence-corrected chi connectivity index (χ0v) is 16.5. The van der Waals surface area contributed by atoms with Gasteiger partial charge in [0.05, 0.1) is 18.4 Å². The number of aryl methyl sites for hydroxylation is 1. The van der Waals surface area contributed by atoms with Gasteiger partial charge in [0.25, 0.3) is 0 Å². The number of methoxy groups -OCH3 is 1. The van der Waals surface area contributed by atoms with Crippen molar-refractivity contribution in [1.82, 2.24) is 4.98 Å². The van der Waals surface area contributed by atoms with E-state index in [1.807, 2.05) is 48.2 Å². The molecule has 1 aromatic heterocycles. The number of nitrogens with zero attached hydrogens (tertiary/aromatic N) is 2. The topological polar surface area (TPSA) is 42.4 Å². The monoisotopic (exact) mass is 378 g/mol. The number of carbonyl (C=O) groups excluding carboxylic acids is 1. The van der Waals surface area contributed by atoms with Gasteiger partial charge in [0.1, 0.15) is 10.8 Å². The van der Waals surface area contributed by atoms with E-state index >= 15 is 0 Å². The third kappa shape index (κ3) is 3.39. The Kier molecular flexibility index (Phi) is 4.79. The fourth-order valence-electron chi connectivity index (χ4n) is 3.65. The molecule has 2 aromatic carbocycles. The Hall–Kier alpha value is -2.53. The summed E-state index contributed by atoms with van der Waals surface area (Å²) >= 11 is 1.50. The molecule has 4 rings (SSSR count). The Morgan fingerprint density at radius 3 is 2.89 bits per heavy atom. The summed E-state index contributed by atoms with van der Waals surface area (Å²) in [6.45, 7) is 4.14. The fourth-order valence-corrected chi connectivity index (χ4v) is 4.50. The molecule has 0 saturated heterocycles. The van der Waals surface area contributed by atoms with Crippen LogP contribution in [0.1, 0.15) is 18.1 Å². The molecule has 0 aliphatic carbocycles. The van der Waals surface area contributed by atoms with E-state index < -0.39 is 0 Å². The van der Waals surface area contributed by atoms with Crippen LogP contribution in [0.25, 0.3) is 10.9 Å². The summed E-state index contributed by atoms with van der Waals surface area (Å²) in [4.78, 5) is 19.6. The zero-order chi connectivity index (χ0) is 19.0. The van der Waals surface area contributed by atoms with Crippen LogP contribution in [0.2, 0.25) is 0 Å².